The minimum Gasteiger partial charge on any atom is -0.490 e. The lowest BCUT2D eigenvalue weighted by Crippen LogP contribution is -2.30. The summed E-state index contributed by atoms with van der Waals surface area (Å²) >= 11 is 6.36. The predicted molar refractivity (Wildman–Crippen MR) is 96.9 cm³/mol. The Bertz CT molecular complexity index is 703. The molecule has 1 aliphatic rings. The van der Waals surface area contributed by atoms with Crippen LogP contribution in [-0.4, -0.2) is 36.1 Å². The van der Waals surface area contributed by atoms with Gasteiger partial charge in [-0.15, -0.1) is 0 Å². The molecule has 0 radical (unpaired) electrons. The normalized spacial score (nSPS) is 17.0. The zero-order valence-electron chi connectivity index (χ0n) is 14.9. The van der Waals surface area contributed by atoms with Crippen molar-refractivity contribution in [3.8, 4) is 11.5 Å². The number of hydrogen-bond donors (Lipinski definition) is 1. The van der Waals surface area contributed by atoms with Crippen LogP contribution in [0.1, 0.15) is 39.7 Å². The number of halogens is 1. The molecular formula is C18H23ClN2O4. The molecule has 6 nitrogen and oxygen atoms in total. The quantitative estimate of drug-likeness (QED) is 0.588. The standard InChI is InChI=1S/C18H23ClN2O4/c1-5-11(4)25-16-13(19)8-12(10-15(16)24-7-3)9-14-17(22)21(6-2)18(23)20-14/h8-11H,5-7H2,1-4H3,(H,20,23)/b14-9+/t11-/m1/s1. The molecule has 0 aromatic heterocycles. The first-order valence-electron chi connectivity index (χ1n) is 8.38. The molecule has 1 atom stereocenters. The van der Waals surface area contributed by atoms with Gasteiger partial charge >= 0.3 is 6.03 Å². The summed E-state index contributed by atoms with van der Waals surface area (Å²) in [4.78, 5) is 25.1. The Morgan fingerprint density at radius 2 is 2.00 bits per heavy atom. The number of benzene rings is 1. The molecule has 0 saturated carbocycles. The maximum atomic E-state index is 12.2. The number of hydrogen-bond acceptors (Lipinski definition) is 4. The van der Waals surface area contributed by atoms with Gasteiger partial charge in [-0.1, -0.05) is 18.5 Å². The van der Waals surface area contributed by atoms with E-state index >= 15 is 0 Å². The minimum atomic E-state index is -0.424. The van der Waals surface area contributed by atoms with Gasteiger partial charge in [-0.2, -0.15) is 0 Å². The largest absolute Gasteiger partial charge is 0.490 e. The molecule has 1 aromatic rings. The molecule has 1 aromatic carbocycles. The molecule has 3 amide bonds. The van der Waals surface area contributed by atoms with Crippen molar-refractivity contribution in [2.45, 2.75) is 40.2 Å². The number of nitrogens with zero attached hydrogens (tertiary/aromatic N) is 1. The van der Waals surface area contributed by atoms with Gasteiger partial charge in [-0.25, -0.2) is 4.79 Å². The molecule has 25 heavy (non-hydrogen) atoms. The number of urea groups is 1. The Morgan fingerprint density at radius 3 is 2.56 bits per heavy atom. The van der Waals surface area contributed by atoms with Gasteiger partial charge in [0.05, 0.1) is 17.7 Å². The highest BCUT2D eigenvalue weighted by atomic mass is 35.5. The van der Waals surface area contributed by atoms with Crippen LogP contribution in [0, 0.1) is 0 Å². The number of carbonyl (C=O) groups excluding carboxylic acids is 2. The van der Waals surface area contributed by atoms with Gasteiger partial charge in [0.15, 0.2) is 11.5 Å². The van der Waals surface area contributed by atoms with Gasteiger partial charge < -0.3 is 14.8 Å². The average molecular weight is 367 g/mol. The van der Waals surface area contributed by atoms with E-state index in [0.29, 0.717) is 35.2 Å². The van der Waals surface area contributed by atoms with Gasteiger partial charge in [0, 0.05) is 6.54 Å². The number of likely N-dealkylation sites (N-methyl/N-ethyl adjacent to an activating group) is 1. The number of ether oxygens (including phenoxy) is 2. The van der Waals surface area contributed by atoms with Crippen LogP contribution in [0.3, 0.4) is 0 Å². The highest BCUT2D eigenvalue weighted by molar-refractivity contribution is 6.32. The molecule has 0 unspecified atom stereocenters. The first kappa shape index (κ1) is 19.1. The summed E-state index contributed by atoms with van der Waals surface area (Å²) in [6, 6.07) is 3.00. The maximum absolute atomic E-state index is 12.2. The first-order chi connectivity index (χ1) is 11.9. The molecule has 2 rings (SSSR count). The van der Waals surface area contributed by atoms with E-state index in [4.69, 9.17) is 21.1 Å². The van der Waals surface area contributed by atoms with Gasteiger partial charge in [-0.3, -0.25) is 9.69 Å². The monoisotopic (exact) mass is 366 g/mol. The molecule has 136 valence electrons. The van der Waals surface area contributed by atoms with E-state index in [1.165, 1.54) is 0 Å². The van der Waals surface area contributed by atoms with Crippen molar-refractivity contribution in [1.29, 1.82) is 0 Å². The van der Waals surface area contributed by atoms with Crippen LogP contribution in [-0.2, 0) is 4.79 Å². The summed E-state index contributed by atoms with van der Waals surface area (Å²) in [5, 5.41) is 2.95. The molecule has 0 aliphatic carbocycles. The van der Waals surface area contributed by atoms with Crippen LogP contribution in [0.4, 0.5) is 4.79 Å². The highest BCUT2D eigenvalue weighted by Crippen LogP contribution is 2.38. The third-order valence-corrected chi connectivity index (χ3v) is 4.10. The maximum Gasteiger partial charge on any atom is 0.328 e. The Labute approximate surface area is 152 Å². The summed E-state index contributed by atoms with van der Waals surface area (Å²) in [5.74, 6) is 0.629. The lowest BCUT2D eigenvalue weighted by atomic mass is 10.1. The smallest absolute Gasteiger partial charge is 0.328 e. The van der Waals surface area contributed by atoms with Crippen LogP contribution in [0.2, 0.25) is 5.02 Å². The van der Waals surface area contributed by atoms with Crippen molar-refractivity contribution < 1.29 is 19.1 Å². The van der Waals surface area contributed by atoms with Crippen molar-refractivity contribution in [3.63, 3.8) is 0 Å². The second kappa shape index (κ2) is 8.25. The zero-order chi connectivity index (χ0) is 18.6. The summed E-state index contributed by atoms with van der Waals surface area (Å²) in [5.41, 5.74) is 0.854. The summed E-state index contributed by atoms with van der Waals surface area (Å²) in [6.45, 7) is 8.35. The van der Waals surface area contributed by atoms with E-state index in [1.807, 2.05) is 20.8 Å². The van der Waals surface area contributed by atoms with Crippen LogP contribution in [0.15, 0.2) is 17.8 Å². The van der Waals surface area contributed by atoms with Crippen molar-refractivity contribution in [2.24, 2.45) is 0 Å². The van der Waals surface area contributed by atoms with Crippen LogP contribution < -0.4 is 14.8 Å². The third-order valence-electron chi connectivity index (χ3n) is 3.82. The lowest BCUT2D eigenvalue weighted by molar-refractivity contribution is -0.122. The fourth-order valence-corrected chi connectivity index (χ4v) is 2.62. The molecular weight excluding hydrogens is 344 g/mol. The Morgan fingerprint density at radius 1 is 1.28 bits per heavy atom. The summed E-state index contributed by atoms with van der Waals surface area (Å²) in [7, 11) is 0. The van der Waals surface area contributed by atoms with Gasteiger partial charge in [0.1, 0.15) is 5.70 Å². The molecule has 1 aliphatic heterocycles. The Kier molecular flexibility index (Phi) is 6.31. The number of amides is 3. The Hall–Kier alpha value is -2.21. The van der Waals surface area contributed by atoms with Crippen molar-refractivity contribution in [1.82, 2.24) is 10.2 Å². The van der Waals surface area contributed by atoms with Crippen LogP contribution in [0.5, 0.6) is 11.5 Å². The SMILES string of the molecule is CCOc1cc(/C=C2/NC(=O)N(CC)C2=O)cc(Cl)c1O[C@H](C)CC. The third kappa shape index (κ3) is 4.25. The molecule has 1 N–H and O–H groups in total. The zero-order valence-corrected chi connectivity index (χ0v) is 15.6. The molecule has 1 heterocycles. The topological polar surface area (TPSA) is 67.9 Å². The molecule has 1 saturated heterocycles. The Balaban J connectivity index is 2.38. The molecule has 7 heteroatoms. The number of imide groups is 1. The number of nitrogens with one attached hydrogen (secondary N) is 1. The first-order valence-corrected chi connectivity index (χ1v) is 8.76. The number of carbonyl (C=O) groups is 2. The van der Waals surface area contributed by atoms with Crippen molar-refractivity contribution in [3.05, 3.63) is 28.4 Å². The minimum absolute atomic E-state index is 0.00489. The number of rotatable bonds is 7. The van der Waals surface area contributed by atoms with Crippen LogP contribution in [0.25, 0.3) is 6.08 Å². The fraction of sp³-hybridized carbons (Fsp3) is 0.444. The second-order valence-electron chi connectivity index (χ2n) is 5.64. The predicted octanol–water partition coefficient (Wildman–Crippen LogP) is 3.83. The van der Waals surface area contributed by atoms with Gasteiger partial charge in [0.2, 0.25) is 0 Å². The van der Waals surface area contributed by atoms with E-state index in [1.54, 1.807) is 25.1 Å². The molecule has 0 bridgehead atoms. The van der Waals surface area contributed by atoms with E-state index < -0.39 is 6.03 Å². The molecule has 0 spiro atoms. The summed E-state index contributed by atoms with van der Waals surface area (Å²) in [6.07, 6.45) is 2.41. The highest BCUT2D eigenvalue weighted by Gasteiger charge is 2.32. The van der Waals surface area contributed by atoms with Gasteiger partial charge in [0.25, 0.3) is 5.91 Å². The van der Waals surface area contributed by atoms with E-state index in [9.17, 15) is 9.59 Å². The fourth-order valence-electron chi connectivity index (χ4n) is 2.36. The van der Waals surface area contributed by atoms with Crippen LogP contribution >= 0.6 is 11.6 Å². The van der Waals surface area contributed by atoms with E-state index in [2.05, 4.69) is 5.32 Å². The van der Waals surface area contributed by atoms with Crippen molar-refractivity contribution >= 4 is 29.6 Å². The lowest BCUT2D eigenvalue weighted by Gasteiger charge is -2.18. The van der Waals surface area contributed by atoms with E-state index in [-0.39, 0.29) is 17.7 Å². The molecule has 1 fully saturated rings. The average Bonchev–Trinajstić information content (AvgIpc) is 2.84. The summed E-state index contributed by atoms with van der Waals surface area (Å²) < 4.78 is 11.5. The van der Waals surface area contributed by atoms with Gasteiger partial charge in [-0.05, 0) is 51.0 Å². The van der Waals surface area contributed by atoms with E-state index in [0.717, 1.165) is 11.3 Å². The second-order valence-corrected chi connectivity index (χ2v) is 6.04. The van der Waals surface area contributed by atoms with Crippen molar-refractivity contribution in [2.75, 3.05) is 13.2 Å².